The minimum absolute atomic E-state index is 0. The average molecular weight is 178 g/mol. The van der Waals surface area contributed by atoms with Gasteiger partial charge in [0.25, 0.3) is 0 Å². The van der Waals surface area contributed by atoms with E-state index in [1.807, 2.05) is 0 Å². The third kappa shape index (κ3) is 119. The first-order valence-corrected chi connectivity index (χ1v) is 1.84. The molecule has 0 aliphatic rings. The van der Waals surface area contributed by atoms with Gasteiger partial charge in [0.1, 0.15) is 0 Å². The van der Waals surface area contributed by atoms with E-state index < -0.39 is 9.17 Å². The summed E-state index contributed by atoms with van der Waals surface area (Å²) >= 11 is 0. The zero-order valence-corrected chi connectivity index (χ0v) is 9.58. The predicted molar refractivity (Wildman–Crippen MR) is 19.4 cm³/mol. The van der Waals surface area contributed by atoms with Crippen LogP contribution in [0.15, 0.2) is 0 Å². The van der Waals surface area contributed by atoms with E-state index in [0.717, 1.165) is 0 Å². The predicted octanol–water partition coefficient (Wildman–Crippen LogP) is -7.90. The van der Waals surface area contributed by atoms with Gasteiger partial charge < -0.3 is 25.0 Å². The molecule has 0 aliphatic heterocycles. The molecule has 0 bridgehead atoms. The Hall–Kier alpha value is 1.71. The van der Waals surface area contributed by atoms with Gasteiger partial charge in [-0.3, -0.25) is 0 Å². The summed E-state index contributed by atoms with van der Waals surface area (Å²) in [6.07, 6.45) is 0. The van der Waals surface area contributed by atoms with Gasteiger partial charge in [0.05, 0.1) is 0 Å². The van der Waals surface area contributed by atoms with Crippen LogP contribution in [0.5, 0.6) is 0 Å². The van der Waals surface area contributed by atoms with Crippen LogP contribution in [-0.4, -0.2) is 37.5 Å². The van der Waals surface area contributed by atoms with Gasteiger partial charge in [0.15, 0.2) is 0 Å². The smallest absolute Gasteiger partial charge is 0.672 e. The van der Waals surface area contributed by atoms with Crippen LogP contribution in [0.2, 0.25) is 0 Å². The van der Waals surface area contributed by atoms with Crippen LogP contribution in [0.25, 0.3) is 0 Å². The van der Waals surface area contributed by atoms with Crippen molar-refractivity contribution in [3.8, 4) is 0 Å². The summed E-state index contributed by atoms with van der Waals surface area (Å²) in [6.45, 7) is 0. The average Bonchev–Trinajstić information content (AvgIpc) is 0.811. The summed E-state index contributed by atoms with van der Waals surface area (Å²) in [6, 6.07) is 0. The standard InChI is InChI=1S/Al.K.O3Si.2H2O/c;;1-4(2)3;;/h;;;2*1H2/q+3;+1;-2;;. The van der Waals surface area contributed by atoms with Gasteiger partial charge in [-0.1, -0.05) is 0 Å². The minimum Gasteiger partial charge on any atom is -0.672 e. The molecule has 0 amide bonds. The van der Waals surface area contributed by atoms with Gasteiger partial charge in [0, 0.05) is 9.17 Å². The summed E-state index contributed by atoms with van der Waals surface area (Å²) in [7, 11) is -3.63. The van der Waals surface area contributed by atoms with E-state index in [0.29, 0.717) is 0 Å². The fraction of sp³-hybridized carbons (Fsp3) is 0. The van der Waals surface area contributed by atoms with E-state index in [1.165, 1.54) is 0 Å². The number of rotatable bonds is 0. The monoisotopic (exact) mass is 178 g/mol. The molecule has 0 fully saturated rings. The molecule has 0 aliphatic carbocycles. The van der Waals surface area contributed by atoms with Crippen LogP contribution in [0.1, 0.15) is 0 Å². The fourth-order valence-electron chi connectivity index (χ4n) is 0. The molecule has 8 heavy (non-hydrogen) atoms. The van der Waals surface area contributed by atoms with Crippen LogP contribution in [0.4, 0.5) is 0 Å². The summed E-state index contributed by atoms with van der Waals surface area (Å²) in [5, 5.41) is 0. The van der Waals surface area contributed by atoms with Gasteiger partial charge >= 0.3 is 68.7 Å². The molecular weight excluding hydrogens is 174 g/mol. The van der Waals surface area contributed by atoms with Crippen molar-refractivity contribution in [3.63, 3.8) is 0 Å². The van der Waals surface area contributed by atoms with Gasteiger partial charge in [-0.05, 0) is 0 Å². The molecule has 0 saturated carbocycles. The maximum absolute atomic E-state index is 8.52. The topological polar surface area (TPSA) is 126 Å². The molecule has 0 atom stereocenters. The number of hydrogen-bond acceptors (Lipinski definition) is 3. The van der Waals surface area contributed by atoms with Crippen molar-refractivity contribution in [2.45, 2.75) is 0 Å². The molecular formula is H4AlKO5Si+2. The van der Waals surface area contributed by atoms with E-state index >= 15 is 0 Å². The van der Waals surface area contributed by atoms with E-state index in [4.69, 9.17) is 14.1 Å². The van der Waals surface area contributed by atoms with Crippen molar-refractivity contribution in [1.29, 1.82) is 0 Å². The van der Waals surface area contributed by atoms with E-state index in [9.17, 15) is 0 Å². The van der Waals surface area contributed by atoms with Gasteiger partial charge in [-0.15, -0.1) is 0 Å². The minimum atomic E-state index is -3.63. The Balaban J connectivity index is -0.00000000750. The molecule has 0 aromatic carbocycles. The third-order valence-electron chi connectivity index (χ3n) is 0. The Bertz CT molecular complexity index is 35.4. The largest absolute Gasteiger partial charge is 3.00 e. The molecule has 0 radical (unpaired) electrons. The molecule has 40 valence electrons. The Labute approximate surface area is 101 Å². The van der Waals surface area contributed by atoms with Crippen LogP contribution < -0.4 is 61.0 Å². The first kappa shape index (κ1) is 33.2. The summed E-state index contributed by atoms with van der Waals surface area (Å²) < 4.78 is 8.52. The van der Waals surface area contributed by atoms with E-state index in [1.54, 1.807) is 0 Å². The molecule has 0 aromatic heterocycles. The van der Waals surface area contributed by atoms with Crippen molar-refractivity contribution in [1.82, 2.24) is 0 Å². The Kier molecular flexibility index (Phi) is 96.9. The van der Waals surface area contributed by atoms with E-state index in [-0.39, 0.29) is 79.7 Å². The molecule has 0 rings (SSSR count). The second kappa shape index (κ2) is 23.3. The van der Waals surface area contributed by atoms with Gasteiger partial charge in [0.2, 0.25) is 0 Å². The van der Waals surface area contributed by atoms with E-state index in [2.05, 4.69) is 0 Å². The molecule has 0 saturated heterocycles. The second-order valence-electron chi connectivity index (χ2n) is 0.250. The molecule has 5 nitrogen and oxygen atoms in total. The molecule has 8 heteroatoms. The Morgan fingerprint density at radius 2 is 1.12 bits per heavy atom. The van der Waals surface area contributed by atoms with Crippen molar-refractivity contribution in [3.05, 3.63) is 0 Å². The number of hydrogen-bond donors (Lipinski definition) is 0. The maximum atomic E-state index is 8.52. The van der Waals surface area contributed by atoms with Crippen molar-refractivity contribution >= 4 is 26.5 Å². The molecule has 4 N–H and O–H groups in total. The van der Waals surface area contributed by atoms with Crippen LogP contribution in [0.3, 0.4) is 0 Å². The summed E-state index contributed by atoms with van der Waals surface area (Å²) in [5.74, 6) is 0. The summed E-state index contributed by atoms with van der Waals surface area (Å²) in [4.78, 5) is 17.0. The molecule has 0 aromatic rings. The van der Waals surface area contributed by atoms with Gasteiger partial charge in [-0.25, -0.2) is 0 Å². The van der Waals surface area contributed by atoms with Crippen LogP contribution in [-0.2, 0) is 4.46 Å². The molecule has 0 unspecified atom stereocenters. The van der Waals surface area contributed by atoms with Crippen molar-refractivity contribution in [2.75, 3.05) is 0 Å². The van der Waals surface area contributed by atoms with Crippen LogP contribution >= 0.6 is 0 Å². The quantitative estimate of drug-likeness (QED) is 0.342. The van der Waals surface area contributed by atoms with Crippen molar-refractivity contribution < 1.29 is 76.4 Å². The first-order valence-electron chi connectivity index (χ1n) is 0.612. The fourth-order valence-corrected chi connectivity index (χ4v) is 0. The zero-order valence-electron chi connectivity index (χ0n) is 4.30. The Morgan fingerprint density at radius 3 is 1.12 bits per heavy atom. The molecule has 0 heterocycles. The second-order valence-corrected chi connectivity index (χ2v) is 0.750. The van der Waals surface area contributed by atoms with Gasteiger partial charge in [-0.2, -0.15) is 0 Å². The zero-order chi connectivity index (χ0) is 3.58. The van der Waals surface area contributed by atoms with Crippen molar-refractivity contribution in [2.24, 2.45) is 0 Å². The van der Waals surface area contributed by atoms with Crippen LogP contribution in [0, 0.1) is 0 Å². The SMILES string of the molecule is O.O.O=[Si]([O-])[O-].[Al+3].[K+]. The third-order valence-corrected chi connectivity index (χ3v) is 0. The normalized spacial score (nSPS) is 3.00. The first-order chi connectivity index (χ1) is 1.73. The maximum Gasteiger partial charge on any atom is 3.00 e. The summed E-state index contributed by atoms with van der Waals surface area (Å²) in [5.41, 5.74) is 0. The molecule has 0 spiro atoms. The Morgan fingerprint density at radius 1 is 1.12 bits per heavy atom.